The summed E-state index contributed by atoms with van der Waals surface area (Å²) in [6.07, 6.45) is 0. The number of piperazine rings is 1. The zero-order chi connectivity index (χ0) is 20.1. The van der Waals surface area contributed by atoms with Crippen LogP contribution in [0.15, 0.2) is 42.5 Å². The first-order valence-electron chi connectivity index (χ1n) is 9.33. The molecule has 28 heavy (non-hydrogen) atoms. The van der Waals surface area contributed by atoms with E-state index in [4.69, 9.17) is 16.3 Å². The molecule has 1 N–H and O–H groups in total. The van der Waals surface area contributed by atoms with Gasteiger partial charge in [-0.15, -0.1) is 0 Å². The monoisotopic (exact) mass is 405 g/mol. The van der Waals surface area contributed by atoms with Gasteiger partial charge in [-0.2, -0.15) is 0 Å². The molecule has 0 bridgehead atoms. The molecule has 2 aromatic carbocycles. The van der Waals surface area contributed by atoms with Gasteiger partial charge in [0, 0.05) is 43.3 Å². The maximum absolute atomic E-state index is 13.7. The average Bonchev–Trinajstić information content (AvgIpc) is 2.72. The Morgan fingerprint density at radius 3 is 2.61 bits per heavy atom. The number of benzene rings is 2. The molecule has 0 unspecified atom stereocenters. The van der Waals surface area contributed by atoms with Crippen molar-refractivity contribution < 1.29 is 13.9 Å². The van der Waals surface area contributed by atoms with Crippen molar-refractivity contribution in [3.63, 3.8) is 0 Å². The number of carbonyl (C=O) groups is 1. The average molecular weight is 406 g/mol. The minimum atomic E-state index is -0.306. The molecule has 1 fully saturated rings. The highest BCUT2D eigenvalue weighted by Gasteiger charge is 2.26. The zero-order valence-corrected chi connectivity index (χ0v) is 16.9. The van der Waals surface area contributed by atoms with E-state index in [1.165, 1.54) is 6.07 Å². The molecule has 0 spiro atoms. The summed E-state index contributed by atoms with van der Waals surface area (Å²) in [5.74, 6) is 0.380. The third-order valence-corrected chi connectivity index (χ3v) is 5.37. The van der Waals surface area contributed by atoms with Crippen molar-refractivity contribution in [1.29, 1.82) is 0 Å². The van der Waals surface area contributed by atoms with E-state index in [1.807, 2.05) is 25.1 Å². The van der Waals surface area contributed by atoms with Crippen LogP contribution in [0, 0.1) is 5.82 Å². The van der Waals surface area contributed by atoms with Crippen LogP contribution in [0.1, 0.15) is 12.5 Å². The lowest BCUT2D eigenvalue weighted by molar-refractivity contribution is -0.126. The van der Waals surface area contributed by atoms with E-state index in [2.05, 4.69) is 15.1 Å². The lowest BCUT2D eigenvalue weighted by atomic mass is 10.1. The summed E-state index contributed by atoms with van der Waals surface area (Å²) >= 11 is 6.14. The van der Waals surface area contributed by atoms with Gasteiger partial charge in [0.25, 0.3) is 0 Å². The molecule has 1 saturated heterocycles. The van der Waals surface area contributed by atoms with Crippen LogP contribution < -0.4 is 15.0 Å². The normalized spacial score (nSPS) is 15.9. The predicted molar refractivity (Wildman–Crippen MR) is 109 cm³/mol. The second kappa shape index (κ2) is 9.26. The van der Waals surface area contributed by atoms with Gasteiger partial charge >= 0.3 is 0 Å². The van der Waals surface area contributed by atoms with E-state index in [9.17, 15) is 9.18 Å². The summed E-state index contributed by atoms with van der Waals surface area (Å²) < 4.78 is 19.1. The maximum atomic E-state index is 13.7. The Kier molecular flexibility index (Phi) is 6.75. The molecular formula is C21H25ClFN3O2. The number of methoxy groups -OCH3 is 1. The summed E-state index contributed by atoms with van der Waals surface area (Å²) in [4.78, 5) is 16.8. The van der Waals surface area contributed by atoms with Gasteiger partial charge in [-0.3, -0.25) is 9.69 Å². The molecule has 2 aromatic rings. The summed E-state index contributed by atoms with van der Waals surface area (Å²) in [7, 11) is 1.64. The number of halogens is 2. The topological polar surface area (TPSA) is 44.8 Å². The highest BCUT2D eigenvalue weighted by Crippen LogP contribution is 2.32. The number of ether oxygens (including phenoxy) is 1. The Morgan fingerprint density at radius 2 is 1.93 bits per heavy atom. The number of hydrogen-bond acceptors (Lipinski definition) is 4. The number of carbonyl (C=O) groups excluding carboxylic acids is 1. The van der Waals surface area contributed by atoms with Gasteiger partial charge in [0.05, 0.1) is 18.8 Å². The van der Waals surface area contributed by atoms with Gasteiger partial charge in [0.15, 0.2) is 0 Å². The minimum absolute atomic E-state index is 0.1000. The van der Waals surface area contributed by atoms with E-state index in [0.29, 0.717) is 10.6 Å². The Balaban J connectivity index is 1.55. The molecule has 0 saturated carbocycles. The van der Waals surface area contributed by atoms with Crippen LogP contribution in [-0.4, -0.2) is 50.1 Å². The van der Waals surface area contributed by atoms with Crippen LogP contribution in [0.5, 0.6) is 5.75 Å². The zero-order valence-electron chi connectivity index (χ0n) is 16.1. The van der Waals surface area contributed by atoms with Crippen LogP contribution in [0.2, 0.25) is 5.02 Å². The molecule has 150 valence electrons. The Hall–Kier alpha value is -2.31. The van der Waals surface area contributed by atoms with Crippen molar-refractivity contribution >= 4 is 23.2 Å². The van der Waals surface area contributed by atoms with Crippen LogP contribution in [-0.2, 0) is 11.3 Å². The summed E-state index contributed by atoms with van der Waals surface area (Å²) in [5, 5.41) is 3.50. The van der Waals surface area contributed by atoms with Crippen LogP contribution >= 0.6 is 11.6 Å². The first kappa shape index (κ1) is 20.4. The molecule has 1 amide bonds. The largest absolute Gasteiger partial charge is 0.495 e. The summed E-state index contributed by atoms with van der Waals surface area (Å²) in [5.41, 5.74) is 1.45. The Bertz CT molecular complexity index is 825. The van der Waals surface area contributed by atoms with Gasteiger partial charge in [0.2, 0.25) is 5.91 Å². The highest BCUT2D eigenvalue weighted by molar-refractivity contribution is 6.30. The number of anilines is 1. The quantitative estimate of drug-likeness (QED) is 0.800. The molecule has 1 heterocycles. The lowest BCUT2D eigenvalue weighted by Gasteiger charge is -2.39. The fraction of sp³-hybridized carbons (Fsp3) is 0.381. The number of nitrogens with zero attached hydrogens (tertiary/aromatic N) is 2. The van der Waals surface area contributed by atoms with E-state index in [-0.39, 0.29) is 24.3 Å². The maximum Gasteiger partial charge on any atom is 0.237 e. The lowest BCUT2D eigenvalue weighted by Crippen LogP contribution is -2.54. The van der Waals surface area contributed by atoms with Gasteiger partial charge < -0.3 is 15.0 Å². The van der Waals surface area contributed by atoms with Gasteiger partial charge in [-0.25, -0.2) is 4.39 Å². The van der Waals surface area contributed by atoms with Crippen molar-refractivity contribution in [3.8, 4) is 5.75 Å². The summed E-state index contributed by atoms with van der Waals surface area (Å²) in [6, 6.07) is 11.8. The SMILES string of the molecule is COc1ccc(Cl)cc1N1CCN([C@H](C)C(=O)NCc2ccccc2F)CC1. The van der Waals surface area contributed by atoms with Crippen LogP contribution in [0.3, 0.4) is 0 Å². The van der Waals surface area contributed by atoms with E-state index in [1.54, 1.807) is 25.3 Å². The molecule has 5 nitrogen and oxygen atoms in total. The van der Waals surface area contributed by atoms with Gasteiger partial charge in [0.1, 0.15) is 11.6 Å². The molecule has 7 heteroatoms. The summed E-state index contributed by atoms with van der Waals surface area (Å²) in [6.45, 7) is 5.08. The van der Waals surface area contributed by atoms with Gasteiger partial charge in [-0.1, -0.05) is 29.8 Å². The Morgan fingerprint density at radius 1 is 1.21 bits per heavy atom. The molecule has 1 aliphatic heterocycles. The van der Waals surface area contributed by atoms with Crippen LogP contribution in [0.4, 0.5) is 10.1 Å². The first-order valence-corrected chi connectivity index (χ1v) is 9.71. The molecule has 0 aliphatic carbocycles. The van der Waals surface area contributed by atoms with E-state index < -0.39 is 0 Å². The molecule has 1 aliphatic rings. The highest BCUT2D eigenvalue weighted by atomic mass is 35.5. The van der Waals surface area contributed by atoms with Crippen molar-refractivity contribution in [2.45, 2.75) is 19.5 Å². The molecular weight excluding hydrogens is 381 g/mol. The minimum Gasteiger partial charge on any atom is -0.495 e. The third-order valence-electron chi connectivity index (χ3n) is 5.13. The van der Waals surface area contributed by atoms with Crippen molar-refractivity contribution in [2.24, 2.45) is 0 Å². The predicted octanol–water partition coefficient (Wildman–Crippen LogP) is 3.31. The van der Waals surface area contributed by atoms with Crippen molar-refractivity contribution in [3.05, 3.63) is 58.9 Å². The van der Waals surface area contributed by atoms with E-state index >= 15 is 0 Å². The second-order valence-corrected chi connectivity index (χ2v) is 7.26. The van der Waals surface area contributed by atoms with Crippen molar-refractivity contribution in [2.75, 3.05) is 38.2 Å². The van der Waals surface area contributed by atoms with Crippen LogP contribution in [0.25, 0.3) is 0 Å². The number of nitrogens with one attached hydrogen (secondary N) is 1. The smallest absolute Gasteiger partial charge is 0.237 e. The second-order valence-electron chi connectivity index (χ2n) is 6.82. The number of hydrogen-bond donors (Lipinski definition) is 1. The van der Waals surface area contributed by atoms with Gasteiger partial charge in [-0.05, 0) is 31.2 Å². The molecule has 0 radical (unpaired) electrons. The molecule has 3 rings (SSSR count). The van der Waals surface area contributed by atoms with Crippen molar-refractivity contribution in [1.82, 2.24) is 10.2 Å². The number of rotatable bonds is 6. The first-order chi connectivity index (χ1) is 13.5. The fourth-order valence-electron chi connectivity index (χ4n) is 3.40. The third kappa shape index (κ3) is 4.75. The Labute approximate surface area is 170 Å². The molecule has 1 atom stereocenters. The number of amides is 1. The standard InChI is InChI=1S/C21H25ClFN3O2/c1-15(21(27)24-14-16-5-3-4-6-18(16)23)25-9-11-26(12-10-25)19-13-17(22)7-8-20(19)28-2/h3-8,13,15H,9-12,14H2,1-2H3,(H,24,27)/t15-/m1/s1. The fourth-order valence-corrected chi connectivity index (χ4v) is 3.56. The van der Waals surface area contributed by atoms with E-state index in [0.717, 1.165) is 37.6 Å². The molecule has 0 aromatic heterocycles.